The molecule has 28 heavy (non-hydrogen) atoms. The number of thiazole rings is 1. The van der Waals surface area contributed by atoms with E-state index >= 15 is 0 Å². The molecule has 7 nitrogen and oxygen atoms in total. The average Bonchev–Trinajstić information content (AvgIpc) is 3.37. The van der Waals surface area contributed by atoms with Gasteiger partial charge in [-0.05, 0) is 30.3 Å². The molecule has 142 valence electrons. The first-order valence-electron chi connectivity index (χ1n) is 8.56. The number of rotatable bonds is 7. The van der Waals surface area contributed by atoms with E-state index in [1.807, 2.05) is 24.3 Å². The summed E-state index contributed by atoms with van der Waals surface area (Å²) in [5.74, 6) is 0.749. The molecule has 1 amide bonds. The second kappa shape index (κ2) is 8.41. The van der Waals surface area contributed by atoms with Crippen molar-refractivity contribution in [2.24, 2.45) is 0 Å². The number of thioether (sulfide) groups is 1. The molecule has 0 aliphatic rings. The number of nitrogens with zero attached hydrogens (tertiary/aromatic N) is 3. The first-order chi connectivity index (χ1) is 13.7. The Morgan fingerprint density at radius 3 is 2.89 bits per heavy atom. The van der Waals surface area contributed by atoms with E-state index in [0.717, 1.165) is 14.6 Å². The summed E-state index contributed by atoms with van der Waals surface area (Å²) in [6, 6.07) is 14.5. The zero-order valence-corrected chi connectivity index (χ0v) is 16.3. The number of furan rings is 1. The molecular formula is C19H16N4O3S2. The van der Waals surface area contributed by atoms with Crippen molar-refractivity contribution in [2.45, 2.75) is 10.9 Å². The minimum atomic E-state index is -0.228. The van der Waals surface area contributed by atoms with Gasteiger partial charge in [0.05, 0.1) is 28.8 Å². The zero-order valence-electron chi connectivity index (χ0n) is 14.7. The number of benzene rings is 1. The molecule has 0 aliphatic heterocycles. The number of fused-ring (bicyclic) bond motifs is 1. The monoisotopic (exact) mass is 412 g/mol. The highest BCUT2D eigenvalue weighted by Crippen LogP contribution is 2.28. The van der Waals surface area contributed by atoms with Crippen molar-refractivity contribution in [3.63, 3.8) is 0 Å². The van der Waals surface area contributed by atoms with Gasteiger partial charge in [0.1, 0.15) is 5.69 Å². The fraction of sp³-hybridized carbons (Fsp3) is 0.158. The molecule has 3 aromatic heterocycles. The lowest BCUT2D eigenvalue weighted by molar-refractivity contribution is -0.118. The Kier molecular flexibility index (Phi) is 5.54. The zero-order chi connectivity index (χ0) is 19.3. The van der Waals surface area contributed by atoms with Crippen LogP contribution in [0.2, 0.25) is 0 Å². The highest BCUT2D eigenvalue weighted by atomic mass is 32.2. The highest BCUT2D eigenvalue weighted by molar-refractivity contribution is 8.01. The van der Waals surface area contributed by atoms with Gasteiger partial charge in [-0.1, -0.05) is 23.9 Å². The van der Waals surface area contributed by atoms with Crippen LogP contribution >= 0.6 is 23.1 Å². The molecule has 0 spiro atoms. The molecule has 4 rings (SSSR count). The highest BCUT2D eigenvalue weighted by Gasteiger charge is 2.09. The Balaban J connectivity index is 1.29. The van der Waals surface area contributed by atoms with Crippen molar-refractivity contribution in [1.82, 2.24) is 20.1 Å². The molecule has 0 bridgehead atoms. The standard InChI is InChI=1S/C19H16N4O3S2/c24-17(12-27-19-21-14-4-1-2-6-16(14)28-19)20-9-10-23-18(25)8-7-13(22-23)15-5-3-11-26-15/h1-8,11H,9-10,12H2,(H,20,24). The van der Waals surface area contributed by atoms with Crippen LogP contribution in [0.25, 0.3) is 21.7 Å². The normalized spacial score (nSPS) is 11.0. The number of aromatic nitrogens is 3. The molecule has 0 saturated carbocycles. The van der Waals surface area contributed by atoms with Crippen LogP contribution in [0.15, 0.2) is 68.3 Å². The van der Waals surface area contributed by atoms with E-state index in [4.69, 9.17) is 4.42 Å². The number of para-hydroxylation sites is 1. The second-order valence-corrected chi connectivity index (χ2v) is 8.10. The fourth-order valence-electron chi connectivity index (χ4n) is 2.56. The van der Waals surface area contributed by atoms with Crippen molar-refractivity contribution in [2.75, 3.05) is 12.3 Å². The third-order valence-corrected chi connectivity index (χ3v) is 6.07. The Labute approximate surface area is 168 Å². The van der Waals surface area contributed by atoms with E-state index in [1.54, 1.807) is 35.8 Å². The summed E-state index contributed by atoms with van der Waals surface area (Å²) in [4.78, 5) is 28.5. The van der Waals surface area contributed by atoms with E-state index < -0.39 is 0 Å². The van der Waals surface area contributed by atoms with Gasteiger partial charge < -0.3 is 9.73 Å². The number of hydrogen-bond acceptors (Lipinski definition) is 7. The summed E-state index contributed by atoms with van der Waals surface area (Å²) >= 11 is 2.97. The van der Waals surface area contributed by atoms with Crippen LogP contribution in [0.1, 0.15) is 0 Å². The maximum atomic E-state index is 12.1. The van der Waals surface area contributed by atoms with Crippen LogP contribution in [-0.4, -0.2) is 33.0 Å². The van der Waals surface area contributed by atoms with Crippen LogP contribution < -0.4 is 10.9 Å². The van der Waals surface area contributed by atoms with E-state index in [1.165, 1.54) is 22.5 Å². The van der Waals surface area contributed by atoms with Gasteiger partial charge in [-0.3, -0.25) is 9.59 Å². The summed E-state index contributed by atoms with van der Waals surface area (Å²) in [7, 11) is 0. The first-order valence-corrected chi connectivity index (χ1v) is 10.4. The van der Waals surface area contributed by atoms with Crippen LogP contribution in [0, 0.1) is 0 Å². The molecule has 4 aromatic rings. The van der Waals surface area contributed by atoms with Gasteiger partial charge in [-0.25, -0.2) is 9.67 Å². The Hall–Kier alpha value is -2.91. The molecule has 1 aromatic carbocycles. The predicted molar refractivity (Wildman–Crippen MR) is 110 cm³/mol. The molecule has 0 radical (unpaired) electrons. The van der Waals surface area contributed by atoms with Crippen LogP contribution in [0.3, 0.4) is 0 Å². The molecule has 0 atom stereocenters. The van der Waals surface area contributed by atoms with Crippen molar-refractivity contribution in [3.8, 4) is 11.5 Å². The average molecular weight is 412 g/mol. The molecule has 0 unspecified atom stereocenters. The predicted octanol–water partition coefficient (Wildman–Crippen LogP) is 3.02. The summed E-state index contributed by atoms with van der Waals surface area (Å²) < 4.78 is 8.58. The Morgan fingerprint density at radius 2 is 2.07 bits per heavy atom. The van der Waals surface area contributed by atoms with Crippen LogP contribution in [0.4, 0.5) is 0 Å². The second-order valence-electron chi connectivity index (χ2n) is 5.84. The fourth-order valence-corrected chi connectivity index (χ4v) is 4.46. The van der Waals surface area contributed by atoms with E-state index in [-0.39, 0.29) is 23.8 Å². The number of hydrogen-bond donors (Lipinski definition) is 1. The van der Waals surface area contributed by atoms with Gasteiger partial charge in [0.25, 0.3) is 5.56 Å². The molecule has 0 saturated heterocycles. The van der Waals surface area contributed by atoms with Crippen LogP contribution in [-0.2, 0) is 11.3 Å². The van der Waals surface area contributed by atoms with Crippen molar-refractivity contribution < 1.29 is 9.21 Å². The van der Waals surface area contributed by atoms with E-state index in [2.05, 4.69) is 15.4 Å². The number of nitrogens with one attached hydrogen (secondary N) is 1. The third kappa shape index (κ3) is 4.32. The topological polar surface area (TPSA) is 90.0 Å². The maximum Gasteiger partial charge on any atom is 0.266 e. The third-order valence-electron chi connectivity index (χ3n) is 3.89. The van der Waals surface area contributed by atoms with Crippen LogP contribution in [0.5, 0.6) is 0 Å². The summed E-state index contributed by atoms with van der Waals surface area (Å²) in [5.41, 5.74) is 1.29. The number of carbonyl (C=O) groups excluding carboxylic acids is 1. The van der Waals surface area contributed by atoms with Crippen molar-refractivity contribution in [1.29, 1.82) is 0 Å². The van der Waals surface area contributed by atoms with Gasteiger partial charge in [0.15, 0.2) is 10.1 Å². The Bertz CT molecular complexity index is 1120. The minimum Gasteiger partial charge on any atom is -0.463 e. The van der Waals surface area contributed by atoms with Crippen molar-refractivity contribution >= 4 is 39.2 Å². The number of amides is 1. The van der Waals surface area contributed by atoms with Gasteiger partial charge >= 0.3 is 0 Å². The Morgan fingerprint density at radius 1 is 1.18 bits per heavy atom. The summed E-state index contributed by atoms with van der Waals surface area (Å²) in [6.45, 7) is 0.596. The smallest absolute Gasteiger partial charge is 0.266 e. The van der Waals surface area contributed by atoms with Gasteiger partial charge in [-0.2, -0.15) is 5.10 Å². The van der Waals surface area contributed by atoms with Gasteiger partial charge in [0.2, 0.25) is 5.91 Å². The van der Waals surface area contributed by atoms with Crippen molar-refractivity contribution in [3.05, 3.63) is 65.1 Å². The molecule has 9 heteroatoms. The minimum absolute atomic E-state index is 0.112. The number of carbonyl (C=O) groups is 1. The molecule has 3 heterocycles. The maximum absolute atomic E-state index is 12.1. The molecule has 0 fully saturated rings. The van der Waals surface area contributed by atoms with E-state index in [9.17, 15) is 9.59 Å². The van der Waals surface area contributed by atoms with E-state index in [0.29, 0.717) is 18.0 Å². The summed E-state index contributed by atoms with van der Waals surface area (Å²) in [5, 5.41) is 7.09. The largest absolute Gasteiger partial charge is 0.463 e. The van der Waals surface area contributed by atoms with Gasteiger partial charge in [0, 0.05) is 12.6 Å². The summed E-state index contributed by atoms with van der Waals surface area (Å²) in [6.07, 6.45) is 1.55. The SMILES string of the molecule is O=C(CSc1nc2ccccc2s1)NCCn1nc(-c2ccco2)ccc1=O. The first kappa shape index (κ1) is 18.5. The lowest BCUT2D eigenvalue weighted by Crippen LogP contribution is -2.32. The quantitative estimate of drug-likeness (QED) is 0.469. The lowest BCUT2D eigenvalue weighted by atomic mass is 10.3. The van der Waals surface area contributed by atoms with Gasteiger partial charge in [-0.15, -0.1) is 11.3 Å². The lowest BCUT2D eigenvalue weighted by Gasteiger charge is -2.07. The molecule has 0 aliphatic carbocycles. The molecular weight excluding hydrogens is 396 g/mol. The molecule has 1 N–H and O–H groups in total.